The summed E-state index contributed by atoms with van der Waals surface area (Å²) in [5, 5.41) is 5.17. The first-order valence-electron chi connectivity index (χ1n) is 10.1. The zero-order chi connectivity index (χ0) is 22.6. The Bertz CT molecular complexity index is 1430. The quantitative estimate of drug-likeness (QED) is 0.476. The molecule has 1 atom stereocenters. The minimum Gasteiger partial charge on any atom is -0.368 e. The maximum absolute atomic E-state index is 13.6. The number of rotatable bonds is 4. The standard InChI is InChI=1S/C22H20ClN7O2/c1-12-10-16(23)18-21(32)29(14-6-4-3-5-7-14)20(27-30(12)18)17-8-9-28(17)19-15(13(2)31)11-25-22(24)26-19/h3-7,10-11,17H,8-9H2,1-2H3,(H2,24,25,26)/t17-/m0/s1. The van der Waals surface area contributed by atoms with Crippen LogP contribution < -0.4 is 16.2 Å². The molecule has 2 N–H and O–H groups in total. The molecule has 32 heavy (non-hydrogen) atoms. The minimum absolute atomic E-state index is 0.0764. The number of hydrogen-bond donors (Lipinski definition) is 1. The third kappa shape index (κ3) is 3.04. The lowest BCUT2D eigenvalue weighted by Gasteiger charge is -2.42. The molecule has 3 aromatic heterocycles. The molecule has 162 valence electrons. The number of halogens is 1. The summed E-state index contributed by atoms with van der Waals surface area (Å²) in [6, 6.07) is 10.7. The Balaban J connectivity index is 1.75. The molecule has 1 saturated heterocycles. The number of Topliss-reactive ketones (excluding diaryl/α,β-unsaturated/α-hetero) is 1. The van der Waals surface area contributed by atoms with E-state index in [9.17, 15) is 9.59 Å². The van der Waals surface area contributed by atoms with Gasteiger partial charge in [0.05, 0.1) is 22.3 Å². The molecule has 5 rings (SSSR count). The van der Waals surface area contributed by atoms with Gasteiger partial charge in [-0.1, -0.05) is 29.8 Å². The molecular weight excluding hydrogens is 430 g/mol. The number of aryl methyl sites for hydroxylation is 1. The number of nitrogens with two attached hydrogens (primary N) is 1. The van der Waals surface area contributed by atoms with E-state index in [0.29, 0.717) is 40.0 Å². The number of carbonyl (C=O) groups excluding carboxylic acids is 1. The first-order chi connectivity index (χ1) is 15.4. The number of hydrogen-bond acceptors (Lipinski definition) is 7. The van der Waals surface area contributed by atoms with Crippen LogP contribution in [0.3, 0.4) is 0 Å². The number of aromatic nitrogens is 5. The fraction of sp³-hybridized carbons (Fsp3) is 0.227. The Morgan fingerprint density at radius 2 is 2.00 bits per heavy atom. The third-order valence-corrected chi connectivity index (χ3v) is 6.00. The highest BCUT2D eigenvalue weighted by Crippen LogP contribution is 2.38. The molecule has 0 saturated carbocycles. The summed E-state index contributed by atoms with van der Waals surface area (Å²) in [7, 11) is 0. The van der Waals surface area contributed by atoms with Crippen LogP contribution in [0.5, 0.6) is 0 Å². The highest BCUT2D eigenvalue weighted by atomic mass is 35.5. The van der Waals surface area contributed by atoms with Gasteiger partial charge in [0, 0.05) is 18.4 Å². The van der Waals surface area contributed by atoms with Crippen molar-refractivity contribution in [2.24, 2.45) is 0 Å². The zero-order valence-corrected chi connectivity index (χ0v) is 18.2. The molecule has 9 nitrogen and oxygen atoms in total. The Morgan fingerprint density at radius 3 is 2.66 bits per heavy atom. The van der Waals surface area contributed by atoms with E-state index in [0.717, 1.165) is 12.1 Å². The zero-order valence-electron chi connectivity index (χ0n) is 17.5. The summed E-state index contributed by atoms with van der Waals surface area (Å²) >= 11 is 6.37. The average molecular weight is 450 g/mol. The lowest BCUT2D eigenvalue weighted by molar-refractivity contribution is 0.101. The van der Waals surface area contributed by atoms with Crippen LogP contribution in [0.1, 0.15) is 41.3 Å². The van der Waals surface area contributed by atoms with Crippen LogP contribution in [0.2, 0.25) is 5.02 Å². The number of para-hydroxylation sites is 1. The van der Waals surface area contributed by atoms with Gasteiger partial charge < -0.3 is 10.6 Å². The smallest absolute Gasteiger partial charge is 0.284 e. The van der Waals surface area contributed by atoms with E-state index in [2.05, 4.69) is 9.97 Å². The van der Waals surface area contributed by atoms with Crippen LogP contribution in [-0.4, -0.2) is 36.5 Å². The molecular formula is C22H20ClN7O2. The van der Waals surface area contributed by atoms with Crippen molar-refractivity contribution in [3.63, 3.8) is 0 Å². The number of fused-ring (bicyclic) bond motifs is 1. The highest BCUT2D eigenvalue weighted by molar-refractivity contribution is 6.34. The second-order valence-electron chi connectivity index (χ2n) is 7.75. The molecule has 1 fully saturated rings. The van der Waals surface area contributed by atoms with Gasteiger partial charge in [-0.2, -0.15) is 10.1 Å². The number of ketones is 1. The van der Waals surface area contributed by atoms with Crippen molar-refractivity contribution in [1.29, 1.82) is 0 Å². The number of carbonyl (C=O) groups is 1. The molecule has 0 bridgehead atoms. The lowest BCUT2D eigenvalue weighted by atomic mass is 10.00. The molecule has 0 radical (unpaired) electrons. The topological polar surface area (TPSA) is 111 Å². The van der Waals surface area contributed by atoms with Gasteiger partial charge in [-0.15, -0.1) is 0 Å². The van der Waals surface area contributed by atoms with Gasteiger partial charge in [0.25, 0.3) is 5.56 Å². The highest BCUT2D eigenvalue weighted by Gasteiger charge is 2.37. The molecule has 0 spiro atoms. The summed E-state index contributed by atoms with van der Waals surface area (Å²) < 4.78 is 3.16. The molecule has 0 unspecified atom stereocenters. The molecule has 10 heteroatoms. The predicted molar refractivity (Wildman–Crippen MR) is 122 cm³/mol. The van der Waals surface area contributed by atoms with Gasteiger partial charge in [-0.25, -0.2) is 9.50 Å². The second-order valence-corrected chi connectivity index (χ2v) is 8.16. The van der Waals surface area contributed by atoms with Crippen molar-refractivity contribution in [3.8, 4) is 5.69 Å². The SMILES string of the molecule is CC(=O)c1cnc(N)nc1N1CC[C@H]1c1nn2c(C)cc(Cl)c2c(=O)n1-c1ccccc1. The molecule has 1 aromatic carbocycles. The van der Waals surface area contributed by atoms with Gasteiger partial charge >= 0.3 is 0 Å². The fourth-order valence-electron chi connectivity index (χ4n) is 4.07. The Morgan fingerprint density at radius 1 is 1.25 bits per heavy atom. The molecule has 4 aromatic rings. The van der Waals surface area contributed by atoms with E-state index in [-0.39, 0.29) is 23.3 Å². The summed E-state index contributed by atoms with van der Waals surface area (Å²) in [4.78, 5) is 36.0. The van der Waals surface area contributed by atoms with E-state index in [1.54, 1.807) is 15.1 Å². The van der Waals surface area contributed by atoms with E-state index in [1.165, 1.54) is 13.1 Å². The maximum atomic E-state index is 13.6. The number of nitrogens with zero attached hydrogens (tertiary/aromatic N) is 6. The van der Waals surface area contributed by atoms with Crippen molar-refractivity contribution in [2.45, 2.75) is 26.3 Å². The lowest BCUT2D eigenvalue weighted by Crippen LogP contribution is -2.46. The predicted octanol–water partition coefficient (Wildman–Crippen LogP) is 2.97. The van der Waals surface area contributed by atoms with Crippen LogP contribution in [0.4, 0.5) is 11.8 Å². The summed E-state index contributed by atoms with van der Waals surface area (Å²) in [6.07, 6.45) is 2.16. The second kappa shape index (κ2) is 7.45. The van der Waals surface area contributed by atoms with E-state index >= 15 is 0 Å². The van der Waals surface area contributed by atoms with Crippen LogP contribution in [0.15, 0.2) is 47.4 Å². The van der Waals surface area contributed by atoms with Crippen molar-refractivity contribution in [1.82, 2.24) is 24.1 Å². The molecule has 0 amide bonds. The first-order valence-corrected chi connectivity index (χ1v) is 10.5. The van der Waals surface area contributed by atoms with Crippen LogP contribution in [0.25, 0.3) is 11.2 Å². The van der Waals surface area contributed by atoms with Crippen LogP contribution in [-0.2, 0) is 0 Å². The molecule has 0 aliphatic carbocycles. The monoisotopic (exact) mass is 449 g/mol. The number of anilines is 2. The number of benzene rings is 1. The summed E-state index contributed by atoms with van der Waals surface area (Å²) in [6.45, 7) is 3.94. The normalized spacial score (nSPS) is 15.7. The summed E-state index contributed by atoms with van der Waals surface area (Å²) in [5.74, 6) is 0.884. The largest absolute Gasteiger partial charge is 0.368 e. The maximum Gasteiger partial charge on any atom is 0.284 e. The Hall–Kier alpha value is -3.72. The first kappa shape index (κ1) is 20.2. The average Bonchev–Trinajstić information content (AvgIpc) is 3.01. The van der Waals surface area contributed by atoms with Crippen molar-refractivity contribution >= 4 is 34.7 Å². The van der Waals surface area contributed by atoms with E-state index in [4.69, 9.17) is 22.4 Å². The van der Waals surface area contributed by atoms with Crippen LogP contribution >= 0.6 is 11.6 Å². The molecule has 1 aliphatic rings. The van der Waals surface area contributed by atoms with Crippen molar-refractivity contribution in [2.75, 3.05) is 17.2 Å². The molecule has 1 aliphatic heterocycles. The molecule has 4 heterocycles. The van der Waals surface area contributed by atoms with E-state index < -0.39 is 0 Å². The van der Waals surface area contributed by atoms with E-state index in [1.807, 2.05) is 42.2 Å². The summed E-state index contributed by atoms with van der Waals surface area (Å²) in [5.41, 5.74) is 7.68. The van der Waals surface area contributed by atoms with Crippen molar-refractivity contribution in [3.05, 3.63) is 75.1 Å². The van der Waals surface area contributed by atoms with Crippen molar-refractivity contribution < 1.29 is 4.79 Å². The minimum atomic E-state index is -0.291. The van der Waals surface area contributed by atoms with Gasteiger partial charge in [-0.05, 0) is 38.5 Å². The van der Waals surface area contributed by atoms with Gasteiger partial charge in [0.15, 0.2) is 11.6 Å². The van der Waals surface area contributed by atoms with Gasteiger partial charge in [0.2, 0.25) is 5.95 Å². The number of nitrogen functional groups attached to an aromatic ring is 1. The Labute approximate surface area is 188 Å². The fourth-order valence-corrected chi connectivity index (χ4v) is 4.39. The third-order valence-electron chi connectivity index (χ3n) is 5.72. The van der Waals surface area contributed by atoms with Crippen LogP contribution in [0, 0.1) is 6.92 Å². The van der Waals surface area contributed by atoms with Gasteiger partial charge in [-0.3, -0.25) is 14.2 Å². The van der Waals surface area contributed by atoms with Gasteiger partial charge in [0.1, 0.15) is 11.3 Å². The Kier molecular flexibility index (Phi) is 4.70.